The van der Waals surface area contributed by atoms with E-state index in [9.17, 15) is 0 Å². The number of aromatic amines is 1. The van der Waals surface area contributed by atoms with Gasteiger partial charge in [-0.25, -0.2) is 0 Å². The van der Waals surface area contributed by atoms with E-state index in [2.05, 4.69) is 27.6 Å². The Labute approximate surface area is 105 Å². The first kappa shape index (κ1) is 11.6. The summed E-state index contributed by atoms with van der Waals surface area (Å²) in [4.78, 5) is 3.23. The topological polar surface area (TPSA) is 66.2 Å². The van der Waals surface area contributed by atoms with Gasteiger partial charge in [-0.1, -0.05) is 18.2 Å². The zero-order chi connectivity index (χ0) is 12.3. The van der Waals surface area contributed by atoms with Crippen molar-refractivity contribution >= 4 is 33.9 Å². The van der Waals surface area contributed by atoms with E-state index >= 15 is 0 Å². The van der Waals surface area contributed by atoms with Crippen molar-refractivity contribution in [1.82, 2.24) is 10.4 Å². The van der Waals surface area contributed by atoms with Crippen LogP contribution in [0.25, 0.3) is 10.9 Å². The molecule has 5 heteroatoms. The summed E-state index contributed by atoms with van der Waals surface area (Å²) in [7, 11) is 0. The van der Waals surface area contributed by atoms with E-state index in [1.807, 2.05) is 25.3 Å². The molecule has 0 saturated heterocycles. The smallest absolute Gasteiger partial charge is 0.184 e. The number of fused-ring (bicyclic) bond motifs is 1. The van der Waals surface area contributed by atoms with Crippen LogP contribution < -0.4 is 11.2 Å². The molecule has 4 N–H and O–H groups in total. The fourth-order valence-corrected chi connectivity index (χ4v) is 1.79. The number of nitrogens with zero attached hydrogens (tertiary/aromatic N) is 1. The Bertz CT molecular complexity index is 571. The maximum absolute atomic E-state index is 5.31. The summed E-state index contributed by atoms with van der Waals surface area (Å²) in [6.07, 6.45) is 2.77. The SMILES string of the molecule is C/C(Cc1c[nH]c2ccccc12)=N/NC(N)=S. The first-order valence-electron chi connectivity index (χ1n) is 5.30. The van der Waals surface area contributed by atoms with Crippen LogP contribution in [0.1, 0.15) is 12.5 Å². The fraction of sp³-hybridized carbons (Fsp3) is 0.167. The Balaban J connectivity index is 2.18. The number of nitrogens with one attached hydrogen (secondary N) is 2. The predicted octanol–water partition coefficient (Wildman–Crippen LogP) is 1.92. The van der Waals surface area contributed by atoms with Gasteiger partial charge in [0.25, 0.3) is 0 Å². The van der Waals surface area contributed by atoms with Crippen LogP contribution in [0.2, 0.25) is 0 Å². The van der Waals surface area contributed by atoms with E-state index in [0.717, 1.165) is 17.6 Å². The molecule has 0 spiro atoms. The van der Waals surface area contributed by atoms with Gasteiger partial charge in [0.1, 0.15) is 0 Å². The van der Waals surface area contributed by atoms with Gasteiger partial charge in [-0.05, 0) is 30.8 Å². The van der Waals surface area contributed by atoms with E-state index in [4.69, 9.17) is 18.0 Å². The minimum absolute atomic E-state index is 0.184. The van der Waals surface area contributed by atoms with Crippen molar-refractivity contribution in [3.63, 3.8) is 0 Å². The average molecular weight is 246 g/mol. The molecule has 0 radical (unpaired) electrons. The highest BCUT2D eigenvalue weighted by atomic mass is 32.1. The maximum atomic E-state index is 5.31. The molecule has 0 unspecified atom stereocenters. The van der Waals surface area contributed by atoms with Gasteiger partial charge >= 0.3 is 0 Å². The standard InChI is InChI=1S/C12H14N4S/c1-8(15-16-12(13)17)6-9-7-14-11-5-3-2-4-10(9)11/h2-5,7,14H,6H2,1H3,(H3,13,16,17)/b15-8-. The van der Waals surface area contributed by atoms with Crippen molar-refractivity contribution in [2.24, 2.45) is 10.8 Å². The van der Waals surface area contributed by atoms with Crippen molar-refractivity contribution in [3.05, 3.63) is 36.0 Å². The van der Waals surface area contributed by atoms with Crippen molar-refractivity contribution in [2.75, 3.05) is 0 Å². The fourth-order valence-electron chi connectivity index (χ4n) is 1.74. The Morgan fingerprint density at radius 1 is 1.47 bits per heavy atom. The zero-order valence-corrected chi connectivity index (χ0v) is 10.3. The second-order valence-corrected chi connectivity index (χ2v) is 4.30. The Morgan fingerprint density at radius 2 is 2.24 bits per heavy atom. The minimum Gasteiger partial charge on any atom is -0.375 e. The van der Waals surface area contributed by atoms with Crippen LogP contribution in [0.3, 0.4) is 0 Å². The summed E-state index contributed by atoms with van der Waals surface area (Å²) in [6, 6.07) is 8.19. The average Bonchev–Trinajstić information content (AvgIpc) is 2.70. The molecule has 1 aromatic heterocycles. The quantitative estimate of drug-likeness (QED) is 0.440. The lowest BCUT2D eigenvalue weighted by Gasteiger charge is -2.01. The summed E-state index contributed by atoms with van der Waals surface area (Å²) >= 11 is 4.69. The first-order valence-corrected chi connectivity index (χ1v) is 5.71. The van der Waals surface area contributed by atoms with Crippen LogP contribution in [0, 0.1) is 0 Å². The highest BCUT2D eigenvalue weighted by molar-refractivity contribution is 7.80. The van der Waals surface area contributed by atoms with E-state index < -0.39 is 0 Å². The Kier molecular flexibility index (Phi) is 3.39. The molecule has 2 rings (SSSR count). The molecule has 0 fully saturated rings. The summed E-state index contributed by atoms with van der Waals surface area (Å²) in [5.41, 5.74) is 11.2. The molecular weight excluding hydrogens is 232 g/mol. The van der Waals surface area contributed by atoms with Gasteiger partial charge in [-0.15, -0.1) is 0 Å². The van der Waals surface area contributed by atoms with Crippen molar-refractivity contribution in [3.8, 4) is 0 Å². The van der Waals surface area contributed by atoms with Gasteiger partial charge in [0, 0.05) is 29.2 Å². The highest BCUT2D eigenvalue weighted by Gasteiger charge is 2.03. The molecule has 0 aliphatic heterocycles. The third-order valence-corrected chi connectivity index (χ3v) is 2.57. The third-order valence-electron chi connectivity index (χ3n) is 2.48. The summed E-state index contributed by atoms with van der Waals surface area (Å²) < 4.78 is 0. The zero-order valence-electron chi connectivity index (χ0n) is 9.53. The number of benzene rings is 1. The molecular formula is C12H14N4S. The summed E-state index contributed by atoms with van der Waals surface area (Å²) in [6.45, 7) is 1.94. The number of hydrogen-bond acceptors (Lipinski definition) is 2. The van der Waals surface area contributed by atoms with Crippen LogP contribution in [-0.2, 0) is 6.42 Å². The number of rotatable bonds is 3. The Hall–Kier alpha value is -1.88. The number of thiocarbonyl (C=S) groups is 1. The molecule has 4 nitrogen and oxygen atoms in total. The maximum Gasteiger partial charge on any atom is 0.184 e. The van der Waals surface area contributed by atoms with Crippen LogP contribution in [0.4, 0.5) is 0 Å². The number of nitrogens with two attached hydrogens (primary N) is 1. The minimum atomic E-state index is 0.184. The third kappa shape index (κ3) is 2.82. The van der Waals surface area contributed by atoms with Crippen LogP contribution >= 0.6 is 12.2 Å². The van der Waals surface area contributed by atoms with Gasteiger partial charge in [0.15, 0.2) is 5.11 Å². The molecule has 0 saturated carbocycles. The molecule has 17 heavy (non-hydrogen) atoms. The predicted molar refractivity (Wildman–Crippen MR) is 75.0 cm³/mol. The van der Waals surface area contributed by atoms with E-state index in [1.54, 1.807) is 0 Å². The molecule has 2 aromatic rings. The molecule has 0 atom stereocenters. The molecule has 88 valence electrons. The van der Waals surface area contributed by atoms with Gasteiger partial charge < -0.3 is 10.7 Å². The number of H-pyrrole nitrogens is 1. The van der Waals surface area contributed by atoms with Gasteiger partial charge in [0.2, 0.25) is 0 Å². The van der Waals surface area contributed by atoms with Gasteiger partial charge in [-0.2, -0.15) is 5.10 Å². The van der Waals surface area contributed by atoms with Crippen molar-refractivity contribution in [1.29, 1.82) is 0 Å². The van der Waals surface area contributed by atoms with Crippen LogP contribution in [-0.4, -0.2) is 15.8 Å². The molecule has 0 bridgehead atoms. The van der Waals surface area contributed by atoms with Crippen molar-refractivity contribution < 1.29 is 0 Å². The number of aromatic nitrogens is 1. The summed E-state index contributed by atoms with van der Waals surface area (Å²) in [5.74, 6) is 0. The van der Waals surface area contributed by atoms with Crippen LogP contribution in [0.5, 0.6) is 0 Å². The largest absolute Gasteiger partial charge is 0.375 e. The molecule has 0 amide bonds. The molecule has 0 aliphatic rings. The second-order valence-electron chi connectivity index (χ2n) is 3.86. The van der Waals surface area contributed by atoms with E-state index in [1.165, 1.54) is 10.9 Å². The van der Waals surface area contributed by atoms with Gasteiger partial charge in [0.05, 0.1) is 0 Å². The van der Waals surface area contributed by atoms with E-state index in [0.29, 0.717) is 0 Å². The molecule has 1 heterocycles. The normalized spacial score (nSPS) is 11.7. The number of hydrogen-bond donors (Lipinski definition) is 3. The summed E-state index contributed by atoms with van der Waals surface area (Å²) in [5, 5.41) is 5.50. The highest BCUT2D eigenvalue weighted by Crippen LogP contribution is 2.18. The lowest BCUT2D eigenvalue weighted by atomic mass is 10.1. The lowest BCUT2D eigenvalue weighted by Crippen LogP contribution is -2.25. The van der Waals surface area contributed by atoms with Crippen LogP contribution in [0.15, 0.2) is 35.6 Å². The van der Waals surface area contributed by atoms with E-state index in [-0.39, 0.29) is 5.11 Å². The number of para-hydroxylation sites is 1. The van der Waals surface area contributed by atoms with Crippen molar-refractivity contribution in [2.45, 2.75) is 13.3 Å². The first-order chi connectivity index (χ1) is 8.16. The monoisotopic (exact) mass is 246 g/mol. The Morgan fingerprint density at radius 3 is 3.00 bits per heavy atom. The lowest BCUT2D eigenvalue weighted by molar-refractivity contribution is 1.01. The second kappa shape index (κ2) is 4.97. The molecule has 0 aliphatic carbocycles. The number of hydrazone groups is 1. The molecule has 1 aromatic carbocycles. The van der Waals surface area contributed by atoms with Gasteiger partial charge in [-0.3, -0.25) is 5.43 Å².